The Morgan fingerprint density at radius 1 is 1.31 bits per heavy atom. The Morgan fingerprint density at radius 2 is 2.00 bits per heavy atom. The van der Waals surface area contributed by atoms with Gasteiger partial charge in [-0.15, -0.1) is 11.3 Å². The van der Waals surface area contributed by atoms with Crippen LogP contribution in [0.25, 0.3) is 0 Å². The molecule has 90 valence electrons. The molecule has 1 unspecified atom stereocenters. The zero-order chi connectivity index (χ0) is 11.5. The molecule has 1 fully saturated rings. The van der Waals surface area contributed by atoms with Crippen molar-refractivity contribution in [1.82, 2.24) is 0 Å². The molecule has 0 aromatic carbocycles. The Morgan fingerprint density at radius 3 is 2.50 bits per heavy atom. The number of aryl methyl sites for hydroxylation is 1. The quantitative estimate of drug-likeness (QED) is 0.834. The second kappa shape index (κ2) is 5.33. The van der Waals surface area contributed by atoms with E-state index in [1.165, 1.54) is 41.9 Å². The predicted molar refractivity (Wildman–Crippen MR) is 71.7 cm³/mol. The van der Waals surface area contributed by atoms with Gasteiger partial charge in [0.1, 0.15) is 0 Å². The lowest BCUT2D eigenvalue weighted by Gasteiger charge is -2.31. The third-order valence-corrected chi connectivity index (χ3v) is 5.17. The monoisotopic (exact) mass is 237 g/mol. The van der Waals surface area contributed by atoms with Gasteiger partial charge in [0.2, 0.25) is 0 Å². The maximum absolute atomic E-state index is 6.38. The summed E-state index contributed by atoms with van der Waals surface area (Å²) in [4.78, 5) is 2.77. The smallest absolute Gasteiger partial charge is 0.0418 e. The second-order valence-corrected chi connectivity index (χ2v) is 6.48. The normalized spacial score (nSPS) is 27.9. The highest BCUT2D eigenvalue weighted by molar-refractivity contribution is 7.12. The highest BCUT2D eigenvalue weighted by atomic mass is 32.1. The Hall–Kier alpha value is -0.340. The molecular weight excluding hydrogens is 214 g/mol. The molecule has 0 radical (unpaired) electrons. The summed E-state index contributed by atoms with van der Waals surface area (Å²) in [6.45, 7) is 4.47. The molecule has 1 nitrogen and oxygen atoms in total. The van der Waals surface area contributed by atoms with Crippen LogP contribution in [0.2, 0.25) is 0 Å². The summed E-state index contributed by atoms with van der Waals surface area (Å²) in [6.07, 6.45) is 6.78. The zero-order valence-electron chi connectivity index (χ0n) is 10.4. The van der Waals surface area contributed by atoms with Gasteiger partial charge >= 0.3 is 0 Å². The molecular formula is C14H23NS. The SMILES string of the molecule is CCC1CCC(C(N)c2ccc(C)s2)CC1. The molecule has 1 heterocycles. The van der Waals surface area contributed by atoms with E-state index in [1.54, 1.807) is 0 Å². The van der Waals surface area contributed by atoms with E-state index in [0.29, 0.717) is 0 Å². The fraction of sp³-hybridized carbons (Fsp3) is 0.714. The molecule has 2 rings (SSSR count). The first-order chi connectivity index (χ1) is 7.70. The number of hydrogen-bond donors (Lipinski definition) is 1. The minimum Gasteiger partial charge on any atom is -0.323 e. The fourth-order valence-corrected chi connectivity index (χ4v) is 3.79. The van der Waals surface area contributed by atoms with Crippen LogP contribution < -0.4 is 5.73 Å². The van der Waals surface area contributed by atoms with Crippen LogP contribution in [0.4, 0.5) is 0 Å². The molecule has 2 N–H and O–H groups in total. The summed E-state index contributed by atoms with van der Waals surface area (Å²) in [5, 5.41) is 0. The Balaban J connectivity index is 1.93. The first-order valence-electron chi connectivity index (χ1n) is 6.52. The van der Waals surface area contributed by atoms with E-state index in [9.17, 15) is 0 Å². The molecule has 1 aliphatic carbocycles. The summed E-state index contributed by atoms with van der Waals surface area (Å²) in [7, 11) is 0. The number of hydrogen-bond acceptors (Lipinski definition) is 2. The van der Waals surface area contributed by atoms with Gasteiger partial charge in [-0.25, -0.2) is 0 Å². The van der Waals surface area contributed by atoms with Crippen molar-refractivity contribution in [2.24, 2.45) is 17.6 Å². The lowest BCUT2D eigenvalue weighted by molar-refractivity contribution is 0.241. The van der Waals surface area contributed by atoms with Gasteiger partial charge in [-0.3, -0.25) is 0 Å². The van der Waals surface area contributed by atoms with Gasteiger partial charge in [-0.2, -0.15) is 0 Å². The van der Waals surface area contributed by atoms with E-state index >= 15 is 0 Å². The lowest BCUT2D eigenvalue weighted by atomic mass is 9.77. The van der Waals surface area contributed by atoms with Crippen LogP contribution in [-0.2, 0) is 0 Å². The first-order valence-corrected chi connectivity index (χ1v) is 7.34. The fourth-order valence-electron chi connectivity index (χ4n) is 2.82. The van der Waals surface area contributed by atoms with E-state index in [0.717, 1.165) is 11.8 Å². The van der Waals surface area contributed by atoms with Crippen molar-refractivity contribution in [3.05, 3.63) is 21.9 Å². The van der Waals surface area contributed by atoms with Gasteiger partial charge in [0, 0.05) is 15.8 Å². The van der Waals surface area contributed by atoms with Crippen molar-refractivity contribution in [2.45, 2.75) is 52.0 Å². The summed E-state index contributed by atoms with van der Waals surface area (Å²) >= 11 is 1.87. The maximum Gasteiger partial charge on any atom is 0.0418 e. The highest BCUT2D eigenvalue weighted by Gasteiger charge is 2.26. The summed E-state index contributed by atoms with van der Waals surface area (Å²) in [5.74, 6) is 1.69. The average molecular weight is 237 g/mol. The highest BCUT2D eigenvalue weighted by Crippen LogP contribution is 2.38. The lowest BCUT2D eigenvalue weighted by Crippen LogP contribution is -2.25. The van der Waals surface area contributed by atoms with Crippen LogP contribution >= 0.6 is 11.3 Å². The minimum atomic E-state index is 0.288. The second-order valence-electron chi connectivity index (χ2n) is 5.16. The van der Waals surface area contributed by atoms with Crippen molar-refractivity contribution < 1.29 is 0 Å². The van der Waals surface area contributed by atoms with E-state index in [2.05, 4.69) is 26.0 Å². The van der Waals surface area contributed by atoms with Crippen LogP contribution in [-0.4, -0.2) is 0 Å². The van der Waals surface area contributed by atoms with Gasteiger partial charge in [0.15, 0.2) is 0 Å². The van der Waals surface area contributed by atoms with Crippen LogP contribution in [0, 0.1) is 18.8 Å². The first kappa shape index (κ1) is 12.1. The topological polar surface area (TPSA) is 26.0 Å². The summed E-state index contributed by atoms with van der Waals surface area (Å²) in [5.41, 5.74) is 6.38. The van der Waals surface area contributed by atoms with Crippen molar-refractivity contribution in [2.75, 3.05) is 0 Å². The molecule has 1 saturated carbocycles. The Bertz CT molecular complexity index is 323. The van der Waals surface area contributed by atoms with Crippen molar-refractivity contribution in [3.63, 3.8) is 0 Å². The molecule has 1 atom stereocenters. The third kappa shape index (κ3) is 2.67. The number of thiophene rings is 1. The molecule has 1 aliphatic rings. The van der Waals surface area contributed by atoms with Crippen LogP contribution in [0.3, 0.4) is 0 Å². The average Bonchev–Trinajstić information content (AvgIpc) is 2.75. The Kier molecular flexibility index (Phi) is 4.04. The van der Waals surface area contributed by atoms with Crippen LogP contribution in [0.5, 0.6) is 0 Å². The van der Waals surface area contributed by atoms with Crippen LogP contribution in [0.15, 0.2) is 12.1 Å². The molecule has 2 heteroatoms. The van der Waals surface area contributed by atoms with Gasteiger partial charge in [0.05, 0.1) is 0 Å². The maximum atomic E-state index is 6.38. The number of nitrogens with two attached hydrogens (primary N) is 1. The summed E-state index contributed by atoms with van der Waals surface area (Å²) in [6, 6.07) is 4.70. The number of rotatable bonds is 3. The van der Waals surface area contributed by atoms with Crippen molar-refractivity contribution in [1.29, 1.82) is 0 Å². The predicted octanol–water partition coefficient (Wildman–Crippen LogP) is 4.27. The molecule has 0 bridgehead atoms. The van der Waals surface area contributed by atoms with Gasteiger partial charge in [0.25, 0.3) is 0 Å². The minimum absolute atomic E-state index is 0.288. The van der Waals surface area contributed by atoms with E-state index in [-0.39, 0.29) is 6.04 Å². The van der Waals surface area contributed by atoms with Crippen molar-refractivity contribution >= 4 is 11.3 Å². The third-order valence-electron chi connectivity index (χ3n) is 4.07. The molecule has 0 amide bonds. The van der Waals surface area contributed by atoms with E-state index in [1.807, 2.05) is 11.3 Å². The standard InChI is InChI=1S/C14H23NS/c1-3-11-5-7-12(8-6-11)14(15)13-9-4-10(2)16-13/h4,9,11-12,14H,3,5-8,15H2,1-2H3. The van der Waals surface area contributed by atoms with Gasteiger partial charge in [-0.1, -0.05) is 26.2 Å². The van der Waals surface area contributed by atoms with Crippen molar-refractivity contribution in [3.8, 4) is 0 Å². The van der Waals surface area contributed by atoms with Gasteiger partial charge in [-0.05, 0) is 43.7 Å². The zero-order valence-corrected chi connectivity index (χ0v) is 11.2. The van der Waals surface area contributed by atoms with E-state index in [4.69, 9.17) is 5.73 Å². The molecule has 16 heavy (non-hydrogen) atoms. The summed E-state index contributed by atoms with van der Waals surface area (Å²) < 4.78 is 0. The molecule has 1 aromatic rings. The molecule has 0 spiro atoms. The largest absolute Gasteiger partial charge is 0.323 e. The molecule has 0 aliphatic heterocycles. The van der Waals surface area contributed by atoms with Crippen LogP contribution in [0.1, 0.15) is 54.8 Å². The van der Waals surface area contributed by atoms with E-state index < -0.39 is 0 Å². The molecule has 1 aromatic heterocycles. The van der Waals surface area contributed by atoms with Gasteiger partial charge < -0.3 is 5.73 Å². The Labute approximate surface area is 103 Å². The molecule has 0 saturated heterocycles.